The van der Waals surface area contributed by atoms with Crippen molar-refractivity contribution in [1.82, 2.24) is 0 Å². The molecule has 2 aromatic carbocycles. The first-order valence-electron chi connectivity index (χ1n) is 6.96. The molecule has 2 aromatic rings. The number of hydrogen-bond acceptors (Lipinski definition) is 4. The van der Waals surface area contributed by atoms with Crippen molar-refractivity contribution in [3.8, 4) is 17.6 Å². The Kier molecular flexibility index (Phi) is 5.16. The van der Waals surface area contributed by atoms with E-state index in [1.807, 2.05) is 37.3 Å². The predicted molar refractivity (Wildman–Crippen MR) is 82.8 cm³/mol. The van der Waals surface area contributed by atoms with Crippen molar-refractivity contribution in [2.75, 3.05) is 7.11 Å². The number of methoxy groups -OCH3 is 1. The van der Waals surface area contributed by atoms with E-state index in [2.05, 4.69) is 0 Å². The maximum atomic E-state index is 11.9. The second-order valence-electron chi connectivity index (χ2n) is 4.94. The summed E-state index contributed by atoms with van der Waals surface area (Å²) in [5.74, 6) is 0.377. The van der Waals surface area contributed by atoms with Gasteiger partial charge in [0.15, 0.2) is 11.5 Å². The van der Waals surface area contributed by atoms with Gasteiger partial charge >= 0.3 is 5.97 Å². The van der Waals surface area contributed by atoms with Crippen molar-refractivity contribution in [3.05, 3.63) is 59.2 Å². The smallest absolute Gasteiger partial charge is 0.311 e. The molecule has 0 radical (unpaired) electrons. The van der Waals surface area contributed by atoms with Crippen LogP contribution >= 0.6 is 0 Å². The number of esters is 1. The summed E-state index contributed by atoms with van der Waals surface area (Å²) >= 11 is 0. The average Bonchev–Trinajstić information content (AvgIpc) is 2.54. The second kappa shape index (κ2) is 7.28. The van der Waals surface area contributed by atoms with Gasteiger partial charge in [-0.25, -0.2) is 0 Å². The van der Waals surface area contributed by atoms with E-state index in [0.717, 1.165) is 5.56 Å². The molecular formula is C18H17NO3. The number of rotatable bonds is 5. The summed E-state index contributed by atoms with van der Waals surface area (Å²) in [5, 5.41) is 8.85. The molecule has 0 spiro atoms. The molecule has 0 atom stereocenters. The Morgan fingerprint density at radius 3 is 2.50 bits per heavy atom. The van der Waals surface area contributed by atoms with Crippen molar-refractivity contribution in [3.63, 3.8) is 0 Å². The van der Waals surface area contributed by atoms with Gasteiger partial charge in [0.2, 0.25) is 0 Å². The van der Waals surface area contributed by atoms with Crippen LogP contribution in [-0.4, -0.2) is 13.1 Å². The third-order valence-electron chi connectivity index (χ3n) is 3.25. The first kappa shape index (κ1) is 15.6. The molecule has 2 rings (SSSR count). The SMILES string of the molecule is COc1cc(C#N)ccc1OC(=O)CCc1ccc(C)cc1. The van der Waals surface area contributed by atoms with Crippen LogP contribution in [0.1, 0.15) is 23.1 Å². The third-order valence-corrected chi connectivity index (χ3v) is 3.25. The molecule has 0 saturated heterocycles. The zero-order valence-corrected chi connectivity index (χ0v) is 12.6. The second-order valence-corrected chi connectivity index (χ2v) is 4.94. The molecule has 112 valence electrons. The van der Waals surface area contributed by atoms with Gasteiger partial charge in [0.1, 0.15) is 0 Å². The molecule has 0 aromatic heterocycles. The minimum Gasteiger partial charge on any atom is -0.493 e. The molecule has 0 N–H and O–H groups in total. The van der Waals surface area contributed by atoms with Gasteiger partial charge in [-0.3, -0.25) is 4.79 Å². The fourth-order valence-corrected chi connectivity index (χ4v) is 2.00. The van der Waals surface area contributed by atoms with Gasteiger partial charge in [-0.2, -0.15) is 5.26 Å². The molecule has 4 heteroatoms. The molecular weight excluding hydrogens is 278 g/mol. The summed E-state index contributed by atoms with van der Waals surface area (Å²) in [7, 11) is 1.47. The zero-order chi connectivity index (χ0) is 15.9. The molecule has 0 amide bonds. The Labute approximate surface area is 129 Å². The van der Waals surface area contributed by atoms with Crippen molar-refractivity contribution in [2.24, 2.45) is 0 Å². The Balaban J connectivity index is 1.97. The molecule has 0 bridgehead atoms. The number of carbonyl (C=O) groups is 1. The Hall–Kier alpha value is -2.80. The van der Waals surface area contributed by atoms with Crippen molar-refractivity contribution in [2.45, 2.75) is 19.8 Å². The Bertz CT molecular complexity index is 699. The highest BCUT2D eigenvalue weighted by atomic mass is 16.6. The standard InChI is InChI=1S/C18H17NO3/c1-13-3-5-14(6-4-13)8-10-18(20)22-16-9-7-15(12-19)11-17(16)21-2/h3-7,9,11H,8,10H2,1-2H3. The van der Waals surface area contributed by atoms with E-state index in [1.54, 1.807) is 18.2 Å². The van der Waals surface area contributed by atoms with Crippen LogP contribution in [0.25, 0.3) is 0 Å². The summed E-state index contributed by atoms with van der Waals surface area (Å²) in [6.07, 6.45) is 0.907. The average molecular weight is 295 g/mol. The van der Waals surface area contributed by atoms with Gasteiger partial charge in [0.25, 0.3) is 0 Å². The maximum Gasteiger partial charge on any atom is 0.311 e. The van der Waals surface area contributed by atoms with Crippen LogP contribution in [0.15, 0.2) is 42.5 Å². The molecule has 0 aliphatic carbocycles. The van der Waals surface area contributed by atoms with E-state index in [9.17, 15) is 4.79 Å². The summed E-state index contributed by atoms with van der Waals surface area (Å²) < 4.78 is 10.4. The number of aryl methyl sites for hydroxylation is 2. The lowest BCUT2D eigenvalue weighted by Crippen LogP contribution is -2.10. The van der Waals surface area contributed by atoms with Gasteiger partial charge in [0.05, 0.1) is 18.7 Å². The fraction of sp³-hybridized carbons (Fsp3) is 0.222. The van der Waals surface area contributed by atoms with Crippen LogP contribution in [0.2, 0.25) is 0 Å². The lowest BCUT2D eigenvalue weighted by molar-refractivity contribution is -0.134. The van der Waals surface area contributed by atoms with Gasteiger partial charge in [-0.05, 0) is 31.0 Å². The predicted octanol–water partition coefficient (Wildman–Crippen LogP) is 3.41. The normalized spacial score (nSPS) is 9.86. The van der Waals surface area contributed by atoms with Gasteiger partial charge in [-0.1, -0.05) is 29.8 Å². The third kappa shape index (κ3) is 4.10. The molecule has 0 heterocycles. The molecule has 0 aliphatic rings. The first-order chi connectivity index (χ1) is 10.6. The highest BCUT2D eigenvalue weighted by molar-refractivity contribution is 5.73. The number of ether oxygens (including phenoxy) is 2. The molecule has 0 aliphatic heterocycles. The van der Waals surface area contributed by atoms with Crippen molar-refractivity contribution < 1.29 is 14.3 Å². The largest absolute Gasteiger partial charge is 0.493 e. The number of benzene rings is 2. The van der Waals surface area contributed by atoms with Crippen LogP contribution in [0.4, 0.5) is 0 Å². The Morgan fingerprint density at radius 2 is 1.86 bits per heavy atom. The van der Waals surface area contributed by atoms with E-state index in [-0.39, 0.29) is 12.4 Å². The monoisotopic (exact) mass is 295 g/mol. The van der Waals surface area contributed by atoms with E-state index in [4.69, 9.17) is 14.7 Å². The quantitative estimate of drug-likeness (QED) is 0.626. The van der Waals surface area contributed by atoms with Gasteiger partial charge in [0, 0.05) is 12.5 Å². The van der Waals surface area contributed by atoms with Crippen LogP contribution in [0, 0.1) is 18.3 Å². The lowest BCUT2D eigenvalue weighted by atomic mass is 10.1. The summed E-state index contributed by atoms with van der Waals surface area (Å²) in [5.41, 5.74) is 2.74. The first-order valence-corrected chi connectivity index (χ1v) is 6.96. The van der Waals surface area contributed by atoms with Crippen LogP contribution < -0.4 is 9.47 Å². The molecule has 0 unspecified atom stereocenters. The highest BCUT2D eigenvalue weighted by Crippen LogP contribution is 2.28. The number of carbonyl (C=O) groups excluding carboxylic acids is 1. The van der Waals surface area contributed by atoms with E-state index >= 15 is 0 Å². The van der Waals surface area contributed by atoms with Crippen LogP contribution in [-0.2, 0) is 11.2 Å². The van der Waals surface area contributed by atoms with Crippen molar-refractivity contribution >= 4 is 5.97 Å². The van der Waals surface area contributed by atoms with Crippen LogP contribution in [0.5, 0.6) is 11.5 Å². The zero-order valence-electron chi connectivity index (χ0n) is 12.6. The summed E-state index contributed by atoms with van der Waals surface area (Å²) in [6, 6.07) is 14.8. The summed E-state index contributed by atoms with van der Waals surface area (Å²) in [4.78, 5) is 11.9. The van der Waals surface area contributed by atoms with Crippen molar-refractivity contribution in [1.29, 1.82) is 5.26 Å². The van der Waals surface area contributed by atoms with Crippen LogP contribution in [0.3, 0.4) is 0 Å². The number of hydrogen-bond donors (Lipinski definition) is 0. The van der Waals surface area contributed by atoms with Gasteiger partial charge < -0.3 is 9.47 Å². The van der Waals surface area contributed by atoms with Gasteiger partial charge in [-0.15, -0.1) is 0 Å². The number of nitrogens with zero attached hydrogens (tertiary/aromatic N) is 1. The minimum absolute atomic E-state index is 0.284. The molecule has 22 heavy (non-hydrogen) atoms. The fourth-order valence-electron chi connectivity index (χ4n) is 2.00. The lowest BCUT2D eigenvalue weighted by Gasteiger charge is -2.09. The van der Waals surface area contributed by atoms with E-state index in [0.29, 0.717) is 23.5 Å². The maximum absolute atomic E-state index is 11.9. The van der Waals surface area contributed by atoms with E-state index < -0.39 is 0 Å². The molecule has 4 nitrogen and oxygen atoms in total. The number of nitriles is 1. The minimum atomic E-state index is -0.330. The molecule has 0 saturated carbocycles. The van der Waals surface area contributed by atoms with E-state index in [1.165, 1.54) is 12.7 Å². The highest BCUT2D eigenvalue weighted by Gasteiger charge is 2.11. The molecule has 0 fully saturated rings. The summed E-state index contributed by atoms with van der Waals surface area (Å²) in [6.45, 7) is 2.02. The topological polar surface area (TPSA) is 59.3 Å². The Morgan fingerprint density at radius 1 is 1.14 bits per heavy atom.